The molecule has 0 aromatic rings. The molecule has 6 heavy (non-hydrogen) atoms. The standard InChI is InChI=1S/C5H12.K.H/c1-4-5(2)3;;/h5H,4H2,1-3H3;;/q;+1;-1. The molecule has 0 saturated carbocycles. The van der Waals surface area contributed by atoms with Gasteiger partial charge in [0.25, 0.3) is 0 Å². The molecule has 34 valence electrons. The molecule has 0 atom stereocenters. The smallest absolute Gasteiger partial charge is 1.00 e. The van der Waals surface area contributed by atoms with Gasteiger partial charge in [-0.3, -0.25) is 0 Å². The molecular weight excluding hydrogens is 99.2 g/mol. The van der Waals surface area contributed by atoms with Gasteiger partial charge >= 0.3 is 51.4 Å². The van der Waals surface area contributed by atoms with Crippen molar-refractivity contribution in [1.82, 2.24) is 0 Å². The Morgan fingerprint density at radius 3 is 1.67 bits per heavy atom. The Labute approximate surface area is 84.6 Å². The van der Waals surface area contributed by atoms with Gasteiger partial charge in [-0.05, 0) is 5.92 Å². The summed E-state index contributed by atoms with van der Waals surface area (Å²) in [5, 5.41) is 0. The Kier molecular flexibility index (Phi) is 11.7. The Bertz CT molecular complexity index is 22.0. The summed E-state index contributed by atoms with van der Waals surface area (Å²) in [4.78, 5) is 0. The van der Waals surface area contributed by atoms with Crippen molar-refractivity contribution in [3.63, 3.8) is 0 Å². The summed E-state index contributed by atoms with van der Waals surface area (Å²) in [5.74, 6) is 0.884. The van der Waals surface area contributed by atoms with Crippen LogP contribution >= 0.6 is 0 Å². The van der Waals surface area contributed by atoms with Crippen molar-refractivity contribution in [3.8, 4) is 0 Å². The summed E-state index contributed by atoms with van der Waals surface area (Å²) in [6.45, 7) is 6.64. The zero-order valence-electron chi connectivity index (χ0n) is 6.28. The molecule has 0 saturated heterocycles. The number of hydrogen-bond acceptors (Lipinski definition) is 0. The maximum Gasteiger partial charge on any atom is 1.00 e. The van der Waals surface area contributed by atoms with E-state index in [0.29, 0.717) is 0 Å². The van der Waals surface area contributed by atoms with Gasteiger partial charge in [0.2, 0.25) is 0 Å². The van der Waals surface area contributed by atoms with Crippen LogP contribution in [0.4, 0.5) is 0 Å². The van der Waals surface area contributed by atoms with Gasteiger partial charge in [0.05, 0.1) is 0 Å². The molecule has 0 aromatic heterocycles. The van der Waals surface area contributed by atoms with Crippen LogP contribution < -0.4 is 51.4 Å². The van der Waals surface area contributed by atoms with Gasteiger partial charge in [-0.15, -0.1) is 0 Å². The molecule has 0 N–H and O–H groups in total. The fourth-order valence-electron chi connectivity index (χ4n) is 0. The topological polar surface area (TPSA) is 0 Å². The molecule has 0 spiro atoms. The summed E-state index contributed by atoms with van der Waals surface area (Å²) >= 11 is 0. The van der Waals surface area contributed by atoms with Crippen LogP contribution in [0.3, 0.4) is 0 Å². The van der Waals surface area contributed by atoms with Crippen molar-refractivity contribution in [3.05, 3.63) is 0 Å². The minimum Gasteiger partial charge on any atom is -1.00 e. The average molecular weight is 112 g/mol. The van der Waals surface area contributed by atoms with Gasteiger partial charge in [0.15, 0.2) is 0 Å². The summed E-state index contributed by atoms with van der Waals surface area (Å²) in [6, 6.07) is 0. The first kappa shape index (κ1) is 10.6. The van der Waals surface area contributed by atoms with Gasteiger partial charge in [-0.1, -0.05) is 27.2 Å². The number of hydrogen-bond donors (Lipinski definition) is 0. The van der Waals surface area contributed by atoms with Gasteiger partial charge in [-0.2, -0.15) is 0 Å². The van der Waals surface area contributed by atoms with E-state index in [1.807, 2.05) is 0 Å². The van der Waals surface area contributed by atoms with Crippen LogP contribution in [0.5, 0.6) is 0 Å². The molecule has 0 aliphatic rings. The van der Waals surface area contributed by atoms with Gasteiger partial charge < -0.3 is 1.43 Å². The predicted octanol–water partition coefficient (Wildman–Crippen LogP) is -0.831. The second kappa shape index (κ2) is 6.64. The van der Waals surface area contributed by atoms with E-state index in [1.54, 1.807) is 0 Å². The minimum atomic E-state index is 0. The van der Waals surface area contributed by atoms with Crippen molar-refractivity contribution in [2.75, 3.05) is 0 Å². The van der Waals surface area contributed by atoms with Crippen LogP contribution in [0, 0.1) is 5.92 Å². The van der Waals surface area contributed by atoms with Gasteiger partial charge in [0.1, 0.15) is 0 Å². The second-order valence-electron chi connectivity index (χ2n) is 1.80. The van der Waals surface area contributed by atoms with Gasteiger partial charge in [-0.25, -0.2) is 0 Å². The summed E-state index contributed by atoms with van der Waals surface area (Å²) < 4.78 is 0. The summed E-state index contributed by atoms with van der Waals surface area (Å²) in [7, 11) is 0. The van der Waals surface area contributed by atoms with E-state index < -0.39 is 0 Å². The second-order valence-corrected chi connectivity index (χ2v) is 1.80. The summed E-state index contributed by atoms with van der Waals surface area (Å²) in [5.41, 5.74) is 0. The van der Waals surface area contributed by atoms with E-state index >= 15 is 0 Å². The van der Waals surface area contributed by atoms with E-state index in [1.165, 1.54) is 6.42 Å². The first-order chi connectivity index (χ1) is 2.27. The zero-order chi connectivity index (χ0) is 4.28. The van der Waals surface area contributed by atoms with Crippen molar-refractivity contribution >= 4 is 0 Å². The molecule has 0 nitrogen and oxygen atoms in total. The quantitative estimate of drug-likeness (QED) is 0.388. The molecule has 1 heteroatoms. The average Bonchev–Trinajstić information content (AvgIpc) is 1.38. The van der Waals surface area contributed by atoms with Crippen LogP contribution in [0.25, 0.3) is 0 Å². The molecule has 0 bridgehead atoms. The Balaban J connectivity index is -0.0000000800. The van der Waals surface area contributed by atoms with Crippen LogP contribution in [0.1, 0.15) is 28.6 Å². The Morgan fingerprint density at radius 1 is 1.50 bits per heavy atom. The van der Waals surface area contributed by atoms with Crippen molar-refractivity contribution in [2.45, 2.75) is 27.2 Å². The van der Waals surface area contributed by atoms with Gasteiger partial charge in [0, 0.05) is 0 Å². The van der Waals surface area contributed by atoms with Crippen LogP contribution in [-0.2, 0) is 0 Å². The zero-order valence-corrected chi connectivity index (χ0v) is 8.41. The van der Waals surface area contributed by atoms with Crippen molar-refractivity contribution in [2.24, 2.45) is 5.92 Å². The first-order valence-electron chi connectivity index (χ1n) is 2.27. The minimum absolute atomic E-state index is 0. The molecule has 0 unspecified atom stereocenters. The molecule has 0 aromatic carbocycles. The molecule has 0 aliphatic carbocycles. The largest absolute Gasteiger partial charge is 1.00 e. The maximum atomic E-state index is 2.22. The SMILES string of the molecule is CCC(C)C.[H-].[K+]. The molecule has 0 fully saturated rings. The third-order valence-corrected chi connectivity index (χ3v) is 0.816. The number of rotatable bonds is 1. The normalized spacial score (nSPS) is 8.00. The van der Waals surface area contributed by atoms with E-state index in [2.05, 4.69) is 20.8 Å². The monoisotopic (exact) mass is 112 g/mol. The van der Waals surface area contributed by atoms with E-state index in [9.17, 15) is 0 Å². The third kappa shape index (κ3) is 9.16. The molecule has 0 amide bonds. The molecule has 0 rings (SSSR count). The molecular formula is C5H13K. The van der Waals surface area contributed by atoms with Crippen molar-refractivity contribution in [1.29, 1.82) is 0 Å². The molecule has 0 radical (unpaired) electrons. The fourth-order valence-corrected chi connectivity index (χ4v) is 0. The Morgan fingerprint density at radius 2 is 1.67 bits per heavy atom. The predicted molar refractivity (Wildman–Crippen MR) is 26.2 cm³/mol. The first-order valence-corrected chi connectivity index (χ1v) is 2.27. The fraction of sp³-hybridized carbons (Fsp3) is 1.00. The van der Waals surface area contributed by atoms with E-state index in [0.717, 1.165) is 5.92 Å². The maximum absolute atomic E-state index is 2.22. The van der Waals surface area contributed by atoms with Crippen molar-refractivity contribution < 1.29 is 52.8 Å². The third-order valence-electron chi connectivity index (χ3n) is 0.816. The van der Waals surface area contributed by atoms with Crippen LogP contribution in [0.2, 0.25) is 0 Å². The van der Waals surface area contributed by atoms with E-state index in [-0.39, 0.29) is 52.8 Å². The Hall–Kier alpha value is 1.64. The molecule has 0 heterocycles. The molecule has 0 aliphatic heterocycles. The van der Waals surface area contributed by atoms with Crippen LogP contribution in [-0.4, -0.2) is 0 Å². The van der Waals surface area contributed by atoms with Crippen LogP contribution in [0.15, 0.2) is 0 Å². The van der Waals surface area contributed by atoms with E-state index in [4.69, 9.17) is 0 Å². The summed E-state index contributed by atoms with van der Waals surface area (Å²) in [6.07, 6.45) is 1.31.